The Balaban J connectivity index is 3.41. The van der Waals surface area contributed by atoms with E-state index in [1.807, 2.05) is 0 Å². The molecule has 0 fully saturated rings. The van der Waals surface area contributed by atoms with E-state index in [9.17, 15) is 4.79 Å². The summed E-state index contributed by atoms with van der Waals surface area (Å²) in [6.07, 6.45) is 3.26. The number of carbonyl (C=O) groups is 1. The first-order chi connectivity index (χ1) is 6.74. The van der Waals surface area contributed by atoms with Gasteiger partial charge >= 0.3 is 5.97 Å². The first-order valence-electron chi connectivity index (χ1n) is 5.26. The third-order valence-corrected chi connectivity index (χ3v) is 2.02. The Morgan fingerprint density at radius 2 is 2.14 bits per heavy atom. The quantitative estimate of drug-likeness (QED) is 0.339. The monoisotopic (exact) mass is 199 g/mol. The van der Waals surface area contributed by atoms with Crippen molar-refractivity contribution in [2.75, 3.05) is 26.2 Å². The number of hydrogen-bond donors (Lipinski definition) is 0. The Morgan fingerprint density at radius 3 is 2.64 bits per heavy atom. The molecule has 82 valence electrons. The van der Waals surface area contributed by atoms with Gasteiger partial charge in [0.25, 0.3) is 0 Å². The van der Waals surface area contributed by atoms with Gasteiger partial charge in [0.2, 0.25) is 0 Å². The lowest BCUT2D eigenvalue weighted by Crippen LogP contribution is -2.26. The van der Waals surface area contributed by atoms with Crippen molar-refractivity contribution in [1.82, 2.24) is 4.90 Å². The van der Waals surface area contributed by atoms with E-state index in [-0.39, 0.29) is 5.97 Å². The smallest absolute Gasteiger partial charge is 0.330 e. The van der Waals surface area contributed by atoms with Gasteiger partial charge in [-0.1, -0.05) is 20.4 Å². The summed E-state index contributed by atoms with van der Waals surface area (Å²) in [5.74, 6) is -0.330. The molecule has 0 bridgehead atoms. The highest BCUT2D eigenvalue weighted by atomic mass is 16.5. The van der Waals surface area contributed by atoms with Gasteiger partial charge in [-0.2, -0.15) is 0 Å². The van der Waals surface area contributed by atoms with Gasteiger partial charge in [-0.3, -0.25) is 0 Å². The van der Waals surface area contributed by atoms with Crippen LogP contribution in [-0.4, -0.2) is 37.1 Å². The summed E-state index contributed by atoms with van der Waals surface area (Å²) < 4.78 is 4.88. The molecule has 0 N–H and O–H groups in total. The second kappa shape index (κ2) is 8.75. The van der Waals surface area contributed by atoms with E-state index in [1.165, 1.54) is 12.5 Å². The van der Waals surface area contributed by atoms with Gasteiger partial charge in [-0.05, 0) is 25.9 Å². The first-order valence-corrected chi connectivity index (χ1v) is 5.26. The summed E-state index contributed by atoms with van der Waals surface area (Å²) in [5, 5.41) is 0. The lowest BCUT2D eigenvalue weighted by atomic mass is 10.3. The maximum Gasteiger partial charge on any atom is 0.330 e. The summed E-state index contributed by atoms with van der Waals surface area (Å²) in [7, 11) is 0. The van der Waals surface area contributed by atoms with Gasteiger partial charge in [0.05, 0.1) is 6.61 Å². The number of carbonyl (C=O) groups excluding carboxylic acids is 1. The molecular weight excluding hydrogens is 178 g/mol. The van der Waals surface area contributed by atoms with Crippen molar-refractivity contribution in [2.45, 2.75) is 26.7 Å². The van der Waals surface area contributed by atoms with Crippen molar-refractivity contribution >= 4 is 5.97 Å². The number of hydrogen-bond acceptors (Lipinski definition) is 3. The second-order valence-electron chi connectivity index (χ2n) is 3.16. The maximum absolute atomic E-state index is 10.7. The Bertz CT molecular complexity index is 169. The molecule has 0 aromatic rings. The third-order valence-electron chi connectivity index (χ3n) is 2.02. The van der Waals surface area contributed by atoms with Gasteiger partial charge in [0.15, 0.2) is 0 Å². The molecule has 0 aliphatic heterocycles. The molecule has 0 aliphatic rings. The fourth-order valence-electron chi connectivity index (χ4n) is 1.26. The maximum atomic E-state index is 10.7. The Labute approximate surface area is 86.7 Å². The van der Waals surface area contributed by atoms with E-state index < -0.39 is 0 Å². The predicted octanol–water partition coefficient (Wildman–Crippen LogP) is 1.84. The lowest BCUT2D eigenvalue weighted by Gasteiger charge is -2.18. The molecule has 3 nitrogen and oxygen atoms in total. The minimum Gasteiger partial charge on any atom is -0.462 e. The predicted molar refractivity (Wildman–Crippen MR) is 58.2 cm³/mol. The third kappa shape index (κ3) is 6.66. The summed E-state index contributed by atoms with van der Waals surface area (Å²) in [4.78, 5) is 13.0. The van der Waals surface area contributed by atoms with Crippen LogP contribution in [-0.2, 0) is 9.53 Å². The van der Waals surface area contributed by atoms with E-state index in [1.54, 1.807) is 0 Å². The molecule has 0 aromatic heterocycles. The number of rotatable bonds is 8. The molecule has 0 saturated carbocycles. The van der Waals surface area contributed by atoms with Crippen LogP contribution in [0.25, 0.3) is 0 Å². The molecular formula is C11H21NO2. The minimum absolute atomic E-state index is 0.330. The fraction of sp³-hybridized carbons (Fsp3) is 0.727. The normalized spacial score (nSPS) is 10.2. The molecule has 0 heterocycles. The minimum atomic E-state index is -0.330. The highest BCUT2D eigenvalue weighted by Crippen LogP contribution is 1.94. The van der Waals surface area contributed by atoms with Crippen LogP contribution in [0.15, 0.2) is 12.7 Å². The van der Waals surface area contributed by atoms with Crippen molar-refractivity contribution in [3.63, 3.8) is 0 Å². The van der Waals surface area contributed by atoms with Gasteiger partial charge in [-0.15, -0.1) is 0 Å². The zero-order chi connectivity index (χ0) is 10.8. The van der Waals surface area contributed by atoms with Crippen LogP contribution < -0.4 is 0 Å². The molecule has 0 unspecified atom stereocenters. The van der Waals surface area contributed by atoms with E-state index in [4.69, 9.17) is 4.74 Å². The molecule has 3 heteroatoms. The van der Waals surface area contributed by atoms with Gasteiger partial charge in [0, 0.05) is 12.6 Å². The molecule has 0 atom stereocenters. The average Bonchev–Trinajstić information content (AvgIpc) is 2.22. The van der Waals surface area contributed by atoms with Crippen LogP contribution >= 0.6 is 0 Å². The summed E-state index contributed by atoms with van der Waals surface area (Å²) >= 11 is 0. The molecule has 0 aromatic carbocycles. The highest BCUT2D eigenvalue weighted by molar-refractivity contribution is 5.81. The van der Waals surface area contributed by atoms with Crippen molar-refractivity contribution in [3.8, 4) is 0 Å². The van der Waals surface area contributed by atoms with Crippen LogP contribution in [0.5, 0.6) is 0 Å². The largest absolute Gasteiger partial charge is 0.462 e. The summed E-state index contributed by atoms with van der Waals surface area (Å²) in [6, 6.07) is 0. The molecule has 0 spiro atoms. The van der Waals surface area contributed by atoms with Crippen LogP contribution in [0.1, 0.15) is 26.7 Å². The number of ether oxygens (including phenoxy) is 1. The standard InChI is InChI=1S/C11H21NO2/c1-4-8-12(6-3)9-7-10-14-11(13)5-2/h5H,2,4,6-10H2,1,3H3. The molecule has 0 saturated heterocycles. The van der Waals surface area contributed by atoms with E-state index >= 15 is 0 Å². The average molecular weight is 199 g/mol. The van der Waals surface area contributed by atoms with Crippen LogP contribution in [0.2, 0.25) is 0 Å². The molecule has 0 rings (SSSR count). The van der Waals surface area contributed by atoms with E-state index in [0.29, 0.717) is 6.61 Å². The summed E-state index contributed by atoms with van der Waals surface area (Å²) in [6.45, 7) is 11.3. The number of esters is 1. The van der Waals surface area contributed by atoms with Crippen molar-refractivity contribution in [1.29, 1.82) is 0 Å². The molecule has 0 radical (unpaired) electrons. The number of nitrogens with zero attached hydrogens (tertiary/aromatic N) is 1. The van der Waals surface area contributed by atoms with Crippen LogP contribution in [0.4, 0.5) is 0 Å². The van der Waals surface area contributed by atoms with E-state index in [2.05, 4.69) is 25.3 Å². The zero-order valence-electron chi connectivity index (χ0n) is 9.29. The topological polar surface area (TPSA) is 29.5 Å². The van der Waals surface area contributed by atoms with Crippen molar-refractivity contribution in [2.24, 2.45) is 0 Å². The molecule has 0 aliphatic carbocycles. The summed E-state index contributed by atoms with van der Waals surface area (Å²) in [5.41, 5.74) is 0. The SMILES string of the molecule is C=CC(=O)OCCCN(CC)CCC. The van der Waals surface area contributed by atoms with E-state index in [0.717, 1.165) is 26.1 Å². The van der Waals surface area contributed by atoms with Gasteiger partial charge < -0.3 is 9.64 Å². The molecule has 0 amide bonds. The van der Waals surface area contributed by atoms with Crippen molar-refractivity contribution in [3.05, 3.63) is 12.7 Å². The fourth-order valence-corrected chi connectivity index (χ4v) is 1.26. The Morgan fingerprint density at radius 1 is 1.43 bits per heavy atom. The molecule has 14 heavy (non-hydrogen) atoms. The second-order valence-corrected chi connectivity index (χ2v) is 3.16. The Kier molecular flexibility index (Phi) is 8.24. The van der Waals surface area contributed by atoms with Gasteiger partial charge in [0.1, 0.15) is 0 Å². The first kappa shape index (κ1) is 13.2. The van der Waals surface area contributed by atoms with Crippen molar-refractivity contribution < 1.29 is 9.53 Å². The lowest BCUT2D eigenvalue weighted by molar-refractivity contribution is -0.137. The van der Waals surface area contributed by atoms with Crippen LogP contribution in [0.3, 0.4) is 0 Å². The van der Waals surface area contributed by atoms with Gasteiger partial charge in [-0.25, -0.2) is 4.79 Å². The zero-order valence-corrected chi connectivity index (χ0v) is 9.29. The highest BCUT2D eigenvalue weighted by Gasteiger charge is 2.01. The Hall–Kier alpha value is -0.830. The van der Waals surface area contributed by atoms with Crippen LogP contribution in [0, 0.1) is 0 Å².